The number of halogens is 2. The van der Waals surface area contributed by atoms with Gasteiger partial charge in [-0.2, -0.15) is 0 Å². The van der Waals surface area contributed by atoms with Gasteiger partial charge in [0.05, 0.1) is 31.2 Å². The van der Waals surface area contributed by atoms with Gasteiger partial charge in [-0.1, -0.05) is 12.1 Å². The average molecular weight is 415 g/mol. The summed E-state index contributed by atoms with van der Waals surface area (Å²) in [6.45, 7) is 1.40. The van der Waals surface area contributed by atoms with Crippen molar-refractivity contribution >= 4 is 28.4 Å². The number of hydrogen-bond acceptors (Lipinski definition) is 5. The van der Waals surface area contributed by atoms with Gasteiger partial charge in [0.15, 0.2) is 0 Å². The molecule has 3 rings (SSSR count). The minimum absolute atomic E-state index is 0.0144. The smallest absolute Gasteiger partial charge is 0.379 e. The first-order chi connectivity index (χ1) is 14.4. The van der Waals surface area contributed by atoms with E-state index in [-0.39, 0.29) is 24.3 Å². The zero-order valence-corrected chi connectivity index (χ0v) is 16.3. The summed E-state index contributed by atoms with van der Waals surface area (Å²) in [5.41, 5.74) is 0.516. The molecule has 8 heteroatoms. The highest BCUT2D eigenvalue weighted by molar-refractivity contribution is 6.39. The normalized spacial score (nSPS) is 11.5. The number of rotatable bonds is 7. The van der Waals surface area contributed by atoms with Crippen molar-refractivity contribution in [2.45, 2.75) is 13.5 Å². The Morgan fingerprint density at radius 3 is 2.43 bits per heavy atom. The standard InChI is InChI=1S/C22H19F2NO5/c1-3-30-22(28)19(27)10-18(26)14-12-25(11-13-15(23)6-4-7-16(13)24)17-8-5-9-20(29-2)21(14)17/h4-10,12,26H,3,11H2,1-2H3/b18-10-. The molecule has 156 valence electrons. The Labute approximate surface area is 170 Å². The number of aliphatic hydroxyl groups excluding tert-OH is 1. The molecular weight excluding hydrogens is 396 g/mol. The van der Waals surface area contributed by atoms with Crippen LogP contribution in [0.1, 0.15) is 18.1 Å². The lowest BCUT2D eigenvalue weighted by atomic mass is 10.1. The molecule has 30 heavy (non-hydrogen) atoms. The molecule has 0 radical (unpaired) electrons. The molecule has 0 saturated heterocycles. The SMILES string of the molecule is CCOC(=O)C(=O)/C=C(\O)c1cn(Cc2c(F)cccc2F)c2cccc(OC)c12. The van der Waals surface area contributed by atoms with Crippen LogP contribution in [0.5, 0.6) is 5.75 Å². The molecular formula is C22H19F2NO5. The number of esters is 1. The van der Waals surface area contributed by atoms with Gasteiger partial charge in [-0.05, 0) is 31.2 Å². The molecule has 0 aliphatic heterocycles. The molecule has 0 bridgehead atoms. The number of carbonyl (C=O) groups is 2. The minimum Gasteiger partial charge on any atom is -0.507 e. The number of ketones is 1. The van der Waals surface area contributed by atoms with Gasteiger partial charge in [0.25, 0.3) is 5.78 Å². The second-order valence-electron chi connectivity index (χ2n) is 6.34. The summed E-state index contributed by atoms with van der Waals surface area (Å²) >= 11 is 0. The summed E-state index contributed by atoms with van der Waals surface area (Å²) in [5.74, 6) is -3.69. The molecule has 0 atom stereocenters. The van der Waals surface area contributed by atoms with Crippen molar-refractivity contribution in [1.29, 1.82) is 0 Å². The first-order valence-corrected chi connectivity index (χ1v) is 9.08. The Bertz CT molecular complexity index is 1130. The molecule has 2 aromatic carbocycles. The maximum absolute atomic E-state index is 14.1. The molecule has 0 fully saturated rings. The molecule has 0 amide bonds. The zero-order valence-electron chi connectivity index (χ0n) is 16.3. The second kappa shape index (κ2) is 8.77. The number of aromatic nitrogens is 1. The summed E-state index contributed by atoms with van der Waals surface area (Å²) < 4.78 is 39.8. The number of methoxy groups -OCH3 is 1. The fourth-order valence-electron chi connectivity index (χ4n) is 3.13. The van der Waals surface area contributed by atoms with Gasteiger partial charge in [0.2, 0.25) is 0 Å². The van der Waals surface area contributed by atoms with Gasteiger partial charge in [-0.25, -0.2) is 13.6 Å². The van der Waals surface area contributed by atoms with E-state index in [4.69, 9.17) is 4.74 Å². The Morgan fingerprint density at radius 1 is 1.13 bits per heavy atom. The van der Waals surface area contributed by atoms with Crippen LogP contribution in [0.4, 0.5) is 8.78 Å². The van der Waals surface area contributed by atoms with Crippen molar-refractivity contribution < 1.29 is 33.0 Å². The highest BCUT2D eigenvalue weighted by Crippen LogP contribution is 2.34. The molecule has 1 heterocycles. The Balaban J connectivity index is 2.13. The zero-order chi connectivity index (χ0) is 21.8. The minimum atomic E-state index is -1.10. The lowest BCUT2D eigenvalue weighted by Gasteiger charge is -2.08. The maximum Gasteiger partial charge on any atom is 0.379 e. The lowest BCUT2D eigenvalue weighted by molar-refractivity contribution is -0.151. The molecule has 3 aromatic rings. The summed E-state index contributed by atoms with van der Waals surface area (Å²) in [6.07, 6.45) is 2.18. The van der Waals surface area contributed by atoms with Crippen molar-refractivity contribution in [3.05, 3.63) is 71.4 Å². The number of nitrogens with zero attached hydrogens (tertiary/aromatic N) is 1. The van der Waals surface area contributed by atoms with Crippen LogP contribution in [0.15, 0.2) is 48.7 Å². The quantitative estimate of drug-likeness (QED) is 0.273. The van der Waals surface area contributed by atoms with E-state index in [0.717, 1.165) is 18.2 Å². The van der Waals surface area contributed by atoms with Crippen LogP contribution in [0.3, 0.4) is 0 Å². The van der Waals surface area contributed by atoms with Crippen LogP contribution in [0, 0.1) is 11.6 Å². The van der Waals surface area contributed by atoms with E-state index in [1.807, 2.05) is 0 Å². The fourth-order valence-corrected chi connectivity index (χ4v) is 3.13. The van der Waals surface area contributed by atoms with E-state index in [1.165, 1.54) is 23.9 Å². The number of benzene rings is 2. The van der Waals surface area contributed by atoms with E-state index in [9.17, 15) is 23.5 Å². The van der Waals surface area contributed by atoms with Crippen molar-refractivity contribution in [3.8, 4) is 5.75 Å². The van der Waals surface area contributed by atoms with Crippen molar-refractivity contribution in [3.63, 3.8) is 0 Å². The third-order valence-electron chi connectivity index (χ3n) is 4.50. The summed E-state index contributed by atoms with van der Waals surface area (Å²) in [7, 11) is 1.43. The summed E-state index contributed by atoms with van der Waals surface area (Å²) in [4.78, 5) is 23.5. The average Bonchev–Trinajstić information content (AvgIpc) is 3.09. The van der Waals surface area contributed by atoms with Crippen molar-refractivity contribution in [2.24, 2.45) is 0 Å². The first kappa shape index (κ1) is 21.0. The molecule has 0 unspecified atom stereocenters. The monoisotopic (exact) mass is 415 g/mol. The van der Waals surface area contributed by atoms with Gasteiger partial charge in [0, 0.05) is 23.4 Å². The topological polar surface area (TPSA) is 77.8 Å². The Hall–Kier alpha value is -3.68. The first-order valence-electron chi connectivity index (χ1n) is 9.08. The van der Waals surface area contributed by atoms with Crippen LogP contribution >= 0.6 is 0 Å². The molecule has 0 aliphatic carbocycles. The van der Waals surface area contributed by atoms with Gasteiger partial charge in [-0.15, -0.1) is 0 Å². The number of ether oxygens (including phenoxy) is 2. The predicted molar refractivity (Wildman–Crippen MR) is 106 cm³/mol. The predicted octanol–water partition coefficient (Wildman–Crippen LogP) is 4.01. The summed E-state index contributed by atoms with van der Waals surface area (Å²) in [5, 5.41) is 10.9. The van der Waals surface area contributed by atoms with Crippen molar-refractivity contribution in [1.82, 2.24) is 4.57 Å². The summed E-state index contributed by atoms with van der Waals surface area (Å²) in [6, 6.07) is 8.58. The molecule has 0 saturated carbocycles. The van der Waals surface area contributed by atoms with E-state index in [1.54, 1.807) is 25.1 Å². The number of aliphatic hydroxyl groups is 1. The highest BCUT2D eigenvalue weighted by Gasteiger charge is 2.20. The van der Waals surface area contributed by atoms with Crippen LogP contribution < -0.4 is 4.74 Å². The highest BCUT2D eigenvalue weighted by atomic mass is 19.1. The van der Waals surface area contributed by atoms with Crippen LogP contribution in [-0.4, -0.2) is 35.1 Å². The van der Waals surface area contributed by atoms with Gasteiger partial charge < -0.3 is 19.1 Å². The number of hydrogen-bond donors (Lipinski definition) is 1. The molecule has 1 aromatic heterocycles. The van der Waals surface area contributed by atoms with E-state index >= 15 is 0 Å². The largest absolute Gasteiger partial charge is 0.507 e. The molecule has 0 spiro atoms. The van der Waals surface area contributed by atoms with E-state index in [0.29, 0.717) is 16.7 Å². The third kappa shape index (κ3) is 4.03. The van der Waals surface area contributed by atoms with E-state index in [2.05, 4.69) is 4.74 Å². The fraction of sp³-hybridized carbons (Fsp3) is 0.182. The number of carbonyl (C=O) groups excluding carboxylic acids is 2. The van der Waals surface area contributed by atoms with Crippen LogP contribution in [-0.2, 0) is 20.9 Å². The number of fused-ring (bicyclic) bond motifs is 1. The Kier molecular flexibility index (Phi) is 6.15. The van der Waals surface area contributed by atoms with Crippen LogP contribution in [0.2, 0.25) is 0 Å². The third-order valence-corrected chi connectivity index (χ3v) is 4.50. The second-order valence-corrected chi connectivity index (χ2v) is 6.34. The molecule has 0 aliphatic rings. The molecule has 6 nitrogen and oxygen atoms in total. The van der Waals surface area contributed by atoms with Crippen LogP contribution in [0.25, 0.3) is 16.7 Å². The van der Waals surface area contributed by atoms with Gasteiger partial charge in [-0.3, -0.25) is 4.79 Å². The maximum atomic E-state index is 14.1. The van der Waals surface area contributed by atoms with Gasteiger partial charge >= 0.3 is 5.97 Å². The molecule has 1 N–H and O–H groups in total. The Morgan fingerprint density at radius 2 is 1.80 bits per heavy atom. The van der Waals surface area contributed by atoms with Gasteiger partial charge in [0.1, 0.15) is 23.1 Å². The van der Waals surface area contributed by atoms with E-state index < -0.39 is 29.1 Å². The lowest BCUT2D eigenvalue weighted by Crippen LogP contribution is -2.15. The van der Waals surface area contributed by atoms with Crippen molar-refractivity contribution in [2.75, 3.05) is 13.7 Å².